The van der Waals surface area contributed by atoms with Gasteiger partial charge in [0, 0.05) is 36.8 Å². The number of esters is 1. The number of benzene rings is 2. The maximum atomic E-state index is 12.9. The Morgan fingerprint density at radius 3 is 2.40 bits per heavy atom. The predicted molar refractivity (Wildman–Crippen MR) is 116 cm³/mol. The van der Waals surface area contributed by atoms with Crippen molar-refractivity contribution in [3.63, 3.8) is 0 Å². The molecule has 0 aliphatic carbocycles. The van der Waals surface area contributed by atoms with Gasteiger partial charge in [0.15, 0.2) is 0 Å². The molecule has 6 heteroatoms. The number of rotatable bonds is 3. The summed E-state index contributed by atoms with van der Waals surface area (Å²) in [5.41, 5.74) is 3.09. The summed E-state index contributed by atoms with van der Waals surface area (Å²) in [4.78, 5) is 28.8. The van der Waals surface area contributed by atoms with Crippen molar-refractivity contribution in [1.82, 2.24) is 4.90 Å². The maximum Gasteiger partial charge on any atom is 0.337 e. The number of piperidine rings is 1. The lowest BCUT2D eigenvalue weighted by atomic mass is 10.1. The van der Waals surface area contributed by atoms with Crippen LogP contribution < -0.4 is 9.64 Å². The maximum absolute atomic E-state index is 12.9. The largest absolute Gasteiger partial charge is 0.491 e. The lowest BCUT2D eigenvalue weighted by Crippen LogP contribution is -2.35. The van der Waals surface area contributed by atoms with E-state index in [1.807, 2.05) is 35.2 Å². The number of ether oxygens (including phenoxy) is 2. The Morgan fingerprint density at radius 2 is 1.70 bits per heavy atom. The number of fused-ring (bicyclic) bond motifs is 1. The number of amides is 1. The van der Waals surface area contributed by atoms with Gasteiger partial charge in [-0.15, -0.1) is 0 Å². The number of anilines is 2. The quantitative estimate of drug-likeness (QED) is 0.710. The molecule has 0 spiro atoms. The van der Waals surface area contributed by atoms with Crippen molar-refractivity contribution in [2.24, 2.45) is 5.92 Å². The molecule has 2 heterocycles. The summed E-state index contributed by atoms with van der Waals surface area (Å²) in [6.07, 6.45) is 3.33. The van der Waals surface area contributed by atoms with Crippen molar-refractivity contribution >= 4 is 23.3 Å². The molecule has 2 aromatic rings. The van der Waals surface area contributed by atoms with Crippen LogP contribution in [0.1, 0.15) is 46.9 Å². The molecule has 158 valence electrons. The normalized spacial score (nSPS) is 18.8. The lowest BCUT2D eigenvalue weighted by molar-refractivity contribution is 0.0600. The third kappa shape index (κ3) is 4.13. The van der Waals surface area contributed by atoms with Crippen LogP contribution in [0.3, 0.4) is 0 Å². The van der Waals surface area contributed by atoms with E-state index in [0.717, 1.165) is 49.6 Å². The van der Waals surface area contributed by atoms with Gasteiger partial charge in [0.25, 0.3) is 5.91 Å². The van der Waals surface area contributed by atoms with E-state index in [1.54, 1.807) is 12.1 Å². The summed E-state index contributed by atoms with van der Waals surface area (Å²) in [6.45, 7) is 5.16. The number of hydrogen-bond acceptors (Lipinski definition) is 5. The Hall–Kier alpha value is -3.02. The van der Waals surface area contributed by atoms with Crippen LogP contribution in [0.4, 0.5) is 11.4 Å². The van der Waals surface area contributed by atoms with Crippen molar-refractivity contribution < 1.29 is 19.1 Å². The Morgan fingerprint density at radius 1 is 1.00 bits per heavy atom. The molecule has 30 heavy (non-hydrogen) atoms. The fraction of sp³-hybridized carbons (Fsp3) is 0.417. The summed E-state index contributed by atoms with van der Waals surface area (Å²) >= 11 is 0. The smallest absolute Gasteiger partial charge is 0.337 e. The lowest BCUT2D eigenvalue weighted by Gasteiger charge is -2.28. The van der Waals surface area contributed by atoms with Crippen molar-refractivity contribution in [2.45, 2.75) is 26.2 Å². The second kappa shape index (κ2) is 8.78. The van der Waals surface area contributed by atoms with E-state index in [1.165, 1.54) is 13.5 Å². The summed E-state index contributed by atoms with van der Waals surface area (Å²) in [6, 6.07) is 13.1. The minimum Gasteiger partial charge on any atom is -0.491 e. The molecular weight excluding hydrogens is 380 g/mol. The third-order valence-electron chi connectivity index (χ3n) is 5.76. The summed E-state index contributed by atoms with van der Waals surface area (Å²) in [5, 5.41) is 0. The molecule has 4 rings (SSSR count). The zero-order chi connectivity index (χ0) is 21.1. The zero-order valence-electron chi connectivity index (χ0n) is 17.6. The van der Waals surface area contributed by atoms with E-state index in [4.69, 9.17) is 9.47 Å². The highest BCUT2D eigenvalue weighted by Gasteiger charge is 2.25. The molecule has 0 aromatic heterocycles. The number of hydrogen-bond donors (Lipinski definition) is 0. The van der Waals surface area contributed by atoms with E-state index in [-0.39, 0.29) is 11.9 Å². The number of likely N-dealkylation sites (tertiary alicyclic amines) is 1. The number of carbonyl (C=O) groups is 2. The van der Waals surface area contributed by atoms with Crippen LogP contribution in [-0.2, 0) is 4.74 Å². The number of nitrogens with zero attached hydrogens (tertiary/aromatic N) is 2. The predicted octanol–water partition coefficient (Wildman–Crippen LogP) is 4.27. The monoisotopic (exact) mass is 408 g/mol. The fourth-order valence-corrected chi connectivity index (χ4v) is 4.10. The van der Waals surface area contributed by atoms with Gasteiger partial charge < -0.3 is 19.3 Å². The standard InChI is InChI=1S/C24H28N2O4/c1-17-15-26(20-9-6-18(7-10-20)24(28)29-2)21-11-8-19(14-22(21)30-16-17)23(27)25-12-4-3-5-13-25/h6-11,14,17H,3-5,12-13,15-16H2,1-2H3/t17-/m1/s1. The molecule has 1 atom stereocenters. The van der Waals surface area contributed by atoms with Gasteiger partial charge in [0.1, 0.15) is 5.75 Å². The van der Waals surface area contributed by atoms with Gasteiger partial charge in [0.05, 0.1) is 25.0 Å². The van der Waals surface area contributed by atoms with Crippen LogP contribution in [0.5, 0.6) is 5.75 Å². The Kier molecular flexibility index (Phi) is 5.93. The number of methoxy groups -OCH3 is 1. The third-order valence-corrected chi connectivity index (χ3v) is 5.76. The molecule has 2 aliphatic rings. The van der Waals surface area contributed by atoms with Crippen LogP contribution in [0.2, 0.25) is 0 Å². The average Bonchev–Trinajstić information content (AvgIpc) is 2.97. The van der Waals surface area contributed by atoms with E-state index in [2.05, 4.69) is 11.8 Å². The molecule has 0 unspecified atom stereocenters. The molecule has 1 amide bonds. The first kappa shape index (κ1) is 20.3. The molecular formula is C24H28N2O4. The van der Waals surface area contributed by atoms with Crippen molar-refractivity contribution in [3.05, 3.63) is 53.6 Å². The molecule has 1 saturated heterocycles. The van der Waals surface area contributed by atoms with Gasteiger partial charge in [-0.05, 0) is 61.7 Å². The highest BCUT2D eigenvalue weighted by Crippen LogP contribution is 2.38. The summed E-state index contributed by atoms with van der Waals surface area (Å²) in [5.74, 6) is 0.751. The second-order valence-electron chi connectivity index (χ2n) is 8.10. The molecule has 2 aliphatic heterocycles. The Bertz CT molecular complexity index is 919. The summed E-state index contributed by atoms with van der Waals surface area (Å²) in [7, 11) is 1.38. The van der Waals surface area contributed by atoms with Crippen LogP contribution >= 0.6 is 0 Å². The van der Waals surface area contributed by atoms with E-state index in [0.29, 0.717) is 23.7 Å². The van der Waals surface area contributed by atoms with Gasteiger partial charge in [-0.25, -0.2) is 4.79 Å². The molecule has 2 aromatic carbocycles. The highest BCUT2D eigenvalue weighted by molar-refractivity contribution is 5.96. The first-order valence-electron chi connectivity index (χ1n) is 10.6. The van der Waals surface area contributed by atoms with Crippen LogP contribution in [0.15, 0.2) is 42.5 Å². The van der Waals surface area contributed by atoms with Crippen LogP contribution in [0, 0.1) is 5.92 Å². The van der Waals surface area contributed by atoms with Crippen LogP contribution in [-0.4, -0.2) is 50.1 Å². The van der Waals surface area contributed by atoms with Crippen LogP contribution in [0.25, 0.3) is 0 Å². The SMILES string of the molecule is COC(=O)c1ccc(N2C[C@@H](C)COc3cc(C(=O)N4CCCCC4)ccc32)cc1. The highest BCUT2D eigenvalue weighted by atomic mass is 16.5. The topological polar surface area (TPSA) is 59.1 Å². The summed E-state index contributed by atoms with van der Waals surface area (Å²) < 4.78 is 10.9. The van der Waals surface area contributed by atoms with Gasteiger partial charge in [0.2, 0.25) is 0 Å². The van der Waals surface area contributed by atoms with E-state index >= 15 is 0 Å². The Balaban J connectivity index is 1.64. The molecule has 0 N–H and O–H groups in total. The van der Waals surface area contributed by atoms with Gasteiger partial charge in [-0.3, -0.25) is 4.79 Å². The van der Waals surface area contributed by atoms with Crippen molar-refractivity contribution in [1.29, 1.82) is 0 Å². The second-order valence-corrected chi connectivity index (χ2v) is 8.10. The molecule has 6 nitrogen and oxygen atoms in total. The molecule has 0 bridgehead atoms. The fourth-order valence-electron chi connectivity index (χ4n) is 4.10. The minimum absolute atomic E-state index is 0.0763. The minimum atomic E-state index is -0.351. The van der Waals surface area contributed by atoms with Gasteiger partial charge in [-0.1, -0.05) is 6.92 Å². The molecule has 0 saturated carbocycles. The zero-order valence-corrected chi connectivity index (χ0v) is 17.6. The van der Waals surface area contributed by atoms with Crippen molar-refractivity contribution in [3.8, 4) is 5.75 Å². The van der Waals surface area contributed by atoms with Crippen molar-refractivity contribution in [2.75, 3.05) is 38.3 Å². The Labute approximate surface area is 177 Å². The number of carbonyl (C=O) groups excluding carboxylic acids is 2. The average molecular weight is 408 g/mol. The van der Waals surface area contributed by atoms with E-state index < -0.39 is 0 Å². The first-order valence-corrected chi connectivity index (χ1v) is 10.6. The van der Waals surface area contributed by atoms with Gasteiger partial charge in [-0.2, -0.15) is 0 Å². The molecule has 0 radical (unpaired) electrons. The van der Waals surface area contributed by atoms with E-state index in [9.17, 15) is 9.59 Å². The molecule has 1 fully saturated rings. The van der Waals surface area contributed by atoms with Gasteiger partial charge >= 0.3 is 5.97 Å². The first-order chi connectivity index (χ1) is 14.6.